The van der Waals surface area contributed by atoms with Gasteiger partial charge in [-0.05, 0) is 58.5 Å². The van der Waals surface area contributed by atoms with Crippen molar-refractivity contribution in [2.75, 3.05) is 23.4 Å². The Morgan fingerprint density at radius 3 is 2.00 bits per heavy atom. The molecule has 2 amide bonds. The van der Waals surface area contributed by atoms with Crippen LogP contribution in [0.25, 0.3) is 11.1 Å². The molecule has 0 saturated carbocycles. The topological polar surface area (TPSA) is 111 Å². The third kappa shape index (κ3) is 7.61. The van der Waals surface area contributed by atoms with Gasteiger partial charge < -0.3 is 16.0 Å². The summed E-state index contributed by atoms with van der Waals surface area (Å²) in [4.78, 5) is 27.1. The van der Waals surface area contributed by atoms with Crippen molar-refractivity contribution < 1.29 is 14.0 Å². The van der Waals surface area contributed by atoms with Gasteiger partial charge in [0.25, 0.3) is 13.4 Å². The van der Waals surface area contributed by atoms with Crippen LogP contribution >= 0.6 is 0 Å². The lowest BCUT2D eigenvalue weighted by molar-refractivity contribution is -0.443. The van der Waals surface area contributed by atoms with E-state index in [0.29, 0.717) is 17.8 Å². The smallest absolute Gasteiger partial charge is 0.279 e. The maximum Gasteiger partial charge on any atom is 0.279 e. The van der Waals surface area contributed by atoms with E-state index in [0.717, 1.165) is 16.8 Å². The van der Waals surface area contributed by atoms with E-state index in [-0.39, 0.29) is 42.5 Å². The highest BCUT2D eigenvalue weighted by Crippen LogP contribution is 2.28. The van der Waals surface area contributed by atoms with Gasteiger partial charge >= 0.3 is 0 Å². The summed E-state index contributed by atoms with van der Waals surface area (Å²) in [5, 5.41) is 10.2. The lowest BCUT2D eigenvalue weighted by Gasteiger charge is -2.21. The van der Waals surface area contributed by atoms with Gasteiger partial charge in [-0.2, -0.15) is 0 Å². The second kappa shape index (κ2) is 12.1. The fourth-order valence-corrected chi connectivity index (χ4v) is 3.86. The lowest BCUT2D eigenvalue weighted by atomic mass is 9.86. The molecule has 0 heterocycles. The van der Waals surface area contributed by atoms with Crippen molar-refractivity contribution in [1.82, 2.24) is 0 Å². The molecular formula is C30H35N4O3+. The van der Waals surface area contributed by atoms with Crippen LogP contribution in [0.1, 0.15) is 44.7 Å². The van der Waals surface area contributed by atoms with Gasteiger partial charge in [0.1, 0.15) is 12.4 Å². The van der Waals surface area contributed by atoms with Gasteiger partial charge in [-0.15, -0.1) is 0 Å². The first-order chi connectivity index (χ1) is 17.6. The summed E-state index contributed by atoms with van der Waals surface area (Å²) in [5.74, 6) is -0.492. The summed E-state index contributed by atoms with van der Waals surface area (Å²) in [6, 6.07) is 23.0. The molecule has 0 aliphatic carbocycles. The minimum Gasteiger partial charge on any atom is -0.384 e. The molecule has 0 bridgehead atoms. The highest BCUT2D eigenvalue weighted by Gasteiger charge is 2.19. The molecule has 0 fully saturated rings. The summed E-state index contributed by atoms with van der Waals surface area (Å²) in [6.45, 7) is 10.6. The molecule has 4 N–H and O–H groups in total. The van der Waals surface area contributed by atoms with E-state index in [4.69, 9.17) is 15.6 Å². The van der Waals surface area contributed by atoms with Crippen LogP contribution in [0.4, 0.5) is 11.4 Å². The normalized spacial score (nSPS) is 11.0. The zero-order valence-electron chi connectivity index (χ0n) is 21.7. The highest BCUT2D eigenvalue weighted by molar-refractivity contribution is 5.99. The Kier molecular flexibility index (Phi) is 8.95. The number of rotatable bonds is 10. The van der Waals surface area contributed by atoms with Crippen LogP contribution in [-0.4, -0.2) is 37.6 Å². The van der Waals surface area contributed by atoms with Gasteiger partial charge in [0.05, 0.1) is 0 Å². The van der Waals surface area contributed by atoms with E-state index in [9.17, 15) is 9.59 Å². The Morgan fingerprint density at radius 1 is 0.919 bits per heavy atom. The third-order valence-corrected chi connectivity index (χ3v) is 6.07. The number of hydrogen-bond acceptors (Lipinski definition) is 3. The van der Waals surface area contributed by atoms with Crippen LogP contribution in [0.15, 0.2) is 72.8 Å². The number of carbonyl (C=O) groups is 2. The molecule has 0 saturated heterocycles. The van der Waals surface area contributed by atoms with Crippen molar-refractivity contribution in [2.45, 2.75) is 39.0 Å². The summed E-state index contributed by atoms with van der Waals surface area (Å²) in [7, 11) is 0. The zero-order chi connectivity index (χ0) is 27.0. The van der Waals surface area contributed by atoms with Gasteiger partial charge in [-0.25, -0.2) is 0 Å². The van der Waals surface area contributed by atoms with E-state index < -0.39 is 0 Å². The Morgan fingerprint density at radius 2 is 1.49 bits per heavy atom. The standard InChI is InChI=1S/C30H34N4O3/c1-30(2,3)24-11-5-21(6-12-24)22-9-15-26(16-10-22)34(19-20-37-4)28(36)18-17-27(35)33-25-13-7-23(8-14-25)29(31)32/h5-16H,4,17-20H2,1-3H3,(H3-,31,32,33,35)/p+1. The molecule has 3 aromatic carbocycles. The van der Waals surface area contributed by atoms with E-state index in [1.165, 1.54) is 5.56 Å². The number of benzene rings is 3. The molecule has 0 aliphatic rings. The van der Waals surface area contributed by atoms with Gasteiger partial charge in [-0.1, -0.05) is 57.2 Å². The first-order valence-corrected chi connectivity index (χ1v) is 12.2. The monoisotopic (exact) mass is 499 g/mol. The Hall–Kier alpha value is -4.26. The number of nitrogens with one attached hydrogen (secondary N) is 2. The summed E-state index contributed by atoms with van der Waals surface area (Å²) < 4.78 is 4.96. The van der Waals surface area contributed by atoms with E-state index >= 15 is 0 Å². The number of hydrogen-bond donors (Lipinski definition) is 3. The quantitative estimate of drug-likeness (QED) is 0.206. The SMILES string of the molecule is C=[O+]CCN(C(=O)CCC(=O)Nc1ccc(C(=N)N)cc1)c1ccc(-c2ccc(C(C)(C)C)cc2)cc1. The van der Waals surface area contributed by atoms with E-state index in [1.807, 2.05) is 24.3 Å². The van der Waals surface area contributed by atoms with Crippen molar-refractivity contribution >= 4 is 35.8 Å². The average molecular weight is 500 g/mol. The van der Waals surface area contributed by atoms with Gasteiger partial charge in [0, 0.05) is 29.8 Å². The average Bonchev–Trinajstić information content (AvgIpc) is 2.88. The molecule has 7 nitrogen and oxygen atoms in total. The van der Waals surface area contributed by atoms with Crippen molar-refractivity contribution in [3.05, 3.63) is 83.9 Å². The third-order valence-electron chi connectivity index (χ3n) is 6.07. The largest absolute Gasteiger partial charge is 0.384 e. The highest BCUT2D eigenvalue weighted by atomic mass is 16.4. The molecule has 7 heteroatoms. The van der Waals surface area contributed by atoms with Crippen LogP contribution in [0.2, 0.25) is 0 Å². The first-order valence-electron chi connectivity index (χ1n) is 12.2. The molecule has 0 spiro atoms. The molecule has 192 valence electrons. The zero-order valence-corrected chi connectivity index (χ0v) is 21.7. The molecule has 0 atom stereocenters. The molecule has 0 aromatic heterocycles. The summed E-state index contributed by atoms with van der Waals surface area (Å²) in [5.41, 5.74) is 10.9. The molecule has 0 unspecified atom stereocenters. The number of anilines is 2. The van der Waals surface area contributed by atoms with Crippen molar-refractivity contribution in [3.8, 4) is 11.1 Å². The Bertz CT molecular complexity index is 1240. The maximum absolute atomic E-state index is 13.0. The lowest BCUT2D eigenvalue weighted by Crippen LogP contribution is -2.34. The fraction of sp³-hybridized carbons (Fsp3) is 0.267. The van der Waals surface area contributed by atoms with Gasteiger partial charge in [-0.3, -0.25) is 19.4 Å². The number of amides is 2. The first kappa shape index (κ1) is 27.3. The molecular weight excluding hydrogens is 464 g/mol. The maximum atomic E-state index is 13.0. The summed E-state index contributed by atoms with van der Waals surface area (Å²) >= 11 is 0. The van der Waals surface area contributed by atoms with Crippen molar-refractivity contribution in [3.63, 3.8) is 0 Å². The summed E-state index contributed by atoms with van der Waals surface area (Å²) in [6.07, 6.45) is 0.0811. The Balaban J connectivity index is 1.64. The van der Waals surface area contributed by atoms with Crippen LogP contribution in [0.3, 0.4) is 0 Å². The van der Waals surface area contributed by atoms with Crippen LogP contribution in [0, 0.1) is 5.41 Å². The van der Waals surface area contributed by atoms with Crippen LogP contribution in [0.5, 0.6) is 0 Å². The predicted octanol–water partition coefficient (Wildman–Crippen LogP) is 5.05. The van der Waals surface area contributed by atoms with E-state index in [2.05, 4.69) is 57.1 Å². The minimum atomic E-state index is -0.272. The minimum absolute atomic E-state index is 0.0350. The number of nitrogens with two attached hydrogens (primary N) is 1. The number of carbonyl (C=O) groups excluding carboxylic acids is 3. The number of amidine groups is 1. The van der Waals surface area contributed by atoms with Crippen molar-refractivity contribution in [2.24, 2.45) is 5.73 Å². The van der Waals surface area contributed by atoms with Crippen molar-refractivity contribution in [1.29, 1.82) is 5.41 Å². The molecule has 37 heavy (non-hydrogen) atoms. The predicted molar refractivity (Wildman–Crippen MR) is 150 cm³/mol. The number of nitrogens with zero attached hydrogens (tertiary/aromatic N) is 1. The van der Waals surface area contributed by atoms with E-state index in [1.54, 1.807) is 29.2 Å². The second-order valence-corrected chi connectivity index (χ2v) is 9.87. The van der Waals surface area contributed by atoms with Gasteiger partial charge in [0.2, 0.25) is 11.8 Å². The van der Waals surface area contributed by atoms with Gasteiger partial charge in [0.15, 0.2) is 0 Å². The van der Waals surface area contributed by atoms with Crippen LogP contribution in [-0.2, 0) is 19.4 Å². The molecule has 0 radical (unpaired) electrons. The fourth-order valence-electron chi connectivity index (χ4n) is 3.86. The molecule has 3 rings (SSSR count). The molecule has 3 aromatic rings. The number of nitrogen functional groups attached to an aromatic ring is 1. The van der Waals surface area contributed by atoms with Crippen LogP contribution < -0.4 is 16.0 Å². The second-order valence-electron chi connectivity index (χ2n) is 9.87. The Labute approximate surface area is 218 Å². The molecule has 0 aliphatic heterocycles.